The van der Waals surface area contributed by atoms with E-state index in [-0.39, 0.29) is 11.1 Å². The van der Waals surface area contributed by atoms with Gasteiger partial charge < -0.3 is 5.11 Å². The number of benzene rings is 2. The number of carbonyl (C=O) groups is 2. The highest BCUT2D eigenvalue weighted by Gasteiger charge is 2.34. The van der Waals surface area contributed by atoms with Crippen molar-refractivity contribution in [1.29, 1.82) is 0 Å². The SMILES string of the molecule is O=C1NN(c2ccccc2)C(=O)/C1=C\c1ccc(O)c([N+](=O)[O-])c1. The van der Waals surface area contributed by atoms with Gasteiger partial charge in [0.05, 0.1) is 10.6 Å². The van der Waals surface area contributed by atoms with E-state index >= 15 is 0 Å². The number of rotatable bonds is 3. The molecule has 2 aromatic rings. The molecule has 1 saturated heterocycles. The van der Waals surface area contributed by atoms with E-state index in [0.29, 0.717) is 5.69 Å². The van der Waals surface area contributed by atoms with Crippen LogP contribution in [0.15, 0.2) is 54.1 Å². The summed E-state index contributed by atoms with van der Waals surface area (Å²) in [4.78, 5) is 34.5. The summed E-state index contributed by atoms with van der Waals surface area (Å²) in [5.74, 6) is -1.67. The first-order valence-corrected chi connectivity index (χ1v) is 6.87. The minimum Gasteiger partial charge on any atom is -0.502 e. The number of nitrogens with zero attached hydrogens (tertiary/aromatic N) is 2. The minimum atomic E-state index is -0.746. The lowest BCUT2D eigenvalue weighted by atomic mass is 10.1. The molecule has 2 aromatic carbocycles. The molecule has 120 valence electrons. The molecule has 0 aliphatic carbocycles. The summed E-state index contributed by atoms with van der Waals surface area (Å²) in [7, 11) is 0. The summed E-state index contributed by atoms with van der Waals surface area (Å²) in [6.07, 6.45) is 1.24. The zero-order chi connectivity index (χ0) is 17.3. The second-order valence-electron chi connectivity index (χ2n) is 4.98. The van der Waals surface area contributed by atoms with E-state index < -0.39 is 28.2 Å². The molecular weight excluding hydrogens is 314 g/mol. The molecule has 0 saturated carbocycles. The van der Waals surface area contributed by atoms with Crippen molar-refractivity contribution in [2.75, 3.05) is 5.01 Å². The number of nitro groups is 1. The standard InChI is InChI=1S/C16H11N3O5/c20-14-7-6-10(9-13(14)19(23)24)8-12-15(21)17-18(16(12)22)11-4-2-1-3-5-11/h1-9,20H,(H,17,21)/b12-8-. The molecule has 1 heterocycles. The number of hydrogen-bond acceptors (Lipinski definition) is 5. The molecule has 0 bridgehead atoms. The Kier molecular flexibility index (Phi) is 3.70. The molecule has 24 heavy (non-hydrogen) atoms. The average molecular weight is 325 g/mol. The number of nitro benzene ring substituents is 1. The van der Waals surface area contributed by atoms with Crippen molar-refractivity contribution in [2.24, 2.45) is 0 Å². The van der Waals surface area contributed by atoms with E-state index in [0.717, 1.165) is 17.1 Å². The molecular formula is C16H11N3O5. The second-order valence-corrected chi connectivity index (χ2v) is 4.98. The maximum absolute atomic E-state index is 12.4. The third kappa shape index (κ3) is 2.68. The van der Waals surface area contributed by atoms with E-state index in [2.05, 4.69) is 5.43 Å². The lowest BCUT2D eigenvalue weighted by Gasteiger charge is -2.13. The minimum absolute atomic E-state index is 0.154. The maximum Gasteiger partial charge on any atom is 0.311 e. The predicted octanol–water partition coefficient (Wildman–Crippen LogP) is 1.76. The quantitative estimate of drug-likeness (QED) is 0.386. The van der Waals surface area contributed by atoms with Crippen molar-refractivity contribution in [2.45, 2.75) is 0 Å². The molecule has 1 fully saturated rings. The first-order chi connectivity index (χ1) is 11.5. The maximum atomic E-state index is 12.4. The Morgan fingerprint density at radius 1 is 1.12 bits per heavy atom. The summed E-state index contributed by atoms with van der Waals surface area (Å²) >= 11 is 0. The van der Waals surface area contributed by atoms with Gasteiger partial charge in [0.2, 0.25) is 0 Å². The molecule has 2 amide bonds. The normalized spacial score (nSPS) is 15.7. The number of phenols is 1. The lowest BCUT2D eigenvalue weighted by molar-refractivity contribution is -0.385. The van der Waals surface area contributed by atoms with E-state index in [1.54, 1.807) is 30.3 Å². The first kappa shape index (κ1) is 15.2. The Balaban J connectivity index is 1.96. The Bertz CT molecular complexity index is 877. The number of para-hydroxylation sites is 1. The van der Waals surface area contributed by atoms with Crippen LogP contribution in [0.5, 0.6) is 5.75 Å². The Morgan fingerprint density at radius 2 is 1.83 bits per heavy atom. The Labute approximate surface area is 135 Å². The molecule has 0 unspecified atom stereocenters. The molecule has 2 N–H and O–H groups in total. The van der Waals surface area contributed by atoms with Gasteiger partial charge in [0, 0.05) is 6.07 Å². The lowest BCUT2D eigenvalue weighted by Crippen LogP contribution is -2.35. The van der Waals surface area contributed by atoms with E-state index in [9.17, 15) is 24.8 Å². The van der Waals surface area contributed by atoms with Crippen molar-refractivity contribution in [1.82, 2.24) is 5.43 Å². The van der Waals surface area contributed by atoms with Crippen molar-refractivity contribution in [3.05, 3.63) is 69.8 Å². The fourth-order valence-corrected chi connectivity index (χ4v) is 2.26. The zero-order valence-electron chi connectivity index (χ0n) is 12.2. The van der Waals surface area contributed by atoms with Gasteiger partial charge in [-0.15, -0.1) is 0 Å². The topological polar surface area (TPSA) is 113 Å². The number of hydrazine groups is 1. The summed E-state index contributed by atoms with van der Waals surface area (Å²) in [6, 6.07) is 12.1. The van der Waals surface area contributed by atoms with Crippen LogP contribution in [0.2, 0.25) is 0 Å². The van der Waals surface area contributed by atoms with Crippen LogP contribution in [0, 0.1) is 10.1 Å². The van der Waals surface area contributed by atoms with E-state index in [1.807, 2.05) is 0 Å². The summed E-state index contributed by atoms with van der Waals surface area (Å²) in [5, 5.41) is 21.4. The van der Waals surface area contributed by atoms with Crippen LogP contribution in [-0.2, 0) is 9.59 Å². The third-order valence-electron chi connectivity index (χ3n) is 3.41. The summed E-state index contributed by atoms with van der Waals surface area (Å²) in [6.45, 7) is 0. The zero-order valence-corrected chi connectivity index (χ0v) is 12.2. The predicted molar refractivity (Wildman–Crippen MR) is 84.8 cm³/mol. The van der Waals surface area contributed by atoms with Gasteiger partial charge >= 0.3 is 5.69 Å². The van der Waals surface area contributed by atoms with Crippen LogP contribution in [0.25, 0.3) is 6.08 Å². The van der Waals surface area contributed by atoms with Gasteiger partial charge in [0.25, 0.3) is 11.8 Å². The molecule has 0 spiro atoms. The molecule has 8 nitrogen and oxygen atoms in total. The van der Waals surface area contributed by atoms with Gasteiger partial charge in [-0.05, 0) is 29.8 Å². The number of carbonyl (C=O) groups excluding carboxylic acids is 2. The van der Waals surface area contributed by atoms with Gasteiger partial charge in [-0.1, -0.05) is 24.3 Å². The smallest absolute Gasteiger partial charge is 0.311 e. The van der Waals surface area contributed by atoms with Gasteiger partial charge in [0.1, 0.15) is 5.57 Å². The number of phenolic OH excluding ortho intramolecular Hbond substituents is 1. The highest BCUT2D eigenvalue weighted by molar-refractivity contribution is 6.31. The fraction of sp³-hybridized carbons (Fsp3) is 0. The van der Waals surface area contributed by atoms with Crippen molar-refractivity contribution >= 4 is 29.3 Å². The number of hydrogen-bond donors (Lipinski definition) is 2. The van der Waals surface area contributed by atoms with Crippen LogP contribution in [0.1, 0.15) is 5.56 Å². The van der Waals surface area contributed by atoms with Crippen molar-refractivity contribution in [3.8, 4) is 5.75 Å². The Hall–Kier alpha value is -3.68. The van der Waals surface area contributed by atoms with Crippen molar-refractivity contribution < 1.29 is 19.6 Å². The van der Waals surface area contributed by atoms with Crippen LogP contribution in [0.3, 0.4) is 0 Å². The van der Waals surface area contributed by atoms with Crippen molar-refractivity contribution in [3.63, 3.8) is 0 Å². The highest BCUT2D eigenvalue weighted by Crippen LogP contribution is 2.28. The number of aromatic hydroxyl groups is 1. The molecule has 0 radical (unpaired) electrons. The van der Waals surface area contributed by atoms with Crippen LogP contribution in [-0.4, -0.2) is 21.8 Å². The number of nitrogens with one attached hydrogen (secondary N) is 1. The molecule has 3 rings (SSSR count). The molecule has 8 heteroatoms. The highest BCUT2D eigenvalue weighted by atomic mass is 16.6. The molecule has 0 atom stereocenters. The fourth-order valence-electron chi connectivity index (χ4n) is 2.26. The van der Waals surface area contributed by atoms with E-state index in [1.165, 1.54) is 12.1 Å². The average Bonchev–Trinajstić information content (AvgIpc) is 2.85. The molecule has 0 aromatic heterocycles. The van der Waals surface area contributed by atoms with E-state index in [4.69, 9.17) is 0 Å². The van der Waals surface area contributed by atoms with Gasteiger partial charge in [0.15, 0.2) is 5.75 Å². The number of anilines is 1. The van der Waals surface area contributed by atoms with Gasteiger partial charge in [-0.25, -0.2) is 5.01 Å². The molecule has 1 aliphatic heterocycles. The largest absolute Gasteiger partial charge is 0.502 e. The first-order valence-electron chi connectivity index (χ1n) is 6.87. The monoisotopic (exact) mass is 325 g/mol. The summed E-state index contributed by atoms with van der Waals surface area (Å²) in [5.41, 5.74) is 2.53. The third-order valence-corrected chi connectivity index (χ3v) is 3.41. The second kappa shape index (κ2) is 5.84. The van der Waals surface area contributed by atoms with Gasteiger partial charge in [-0.2, -0.15) is 0 Å². The number of amides is 2. The van der Waals surface area contributed by atoms with Crippen LogP contribution < -0.4 is 10.4 Å². The Morgan fingerprint density at radius 3 is 2.50 bits per heavy atom. The van der Waals surface area contributed by atoms with Crippen LogP contribution >= 0.6 is 0 Å². The van der Waals surface area contributed by atoms with Gasteiger partial charge in [-0.3, -0.25) is 25.1 Å². The molecule has 1 aliphatic rings. The summed E-state index contributed by atoms with van der Waals surface area (Å²) < 4.78 is 0. The van der Waals surface area contributed by atoms with Crippen LogP contribution in [0.4, 0.5) is 11.4 Å².